The molecule has 2 N–H and O–H groups in total. The van der Waals surface area contributed by atoms with Crippen molar-refractivity contribution < 1.29 is 32.3 Å². The van der Waals surface area contributed by atoms with E-state index in [4.69, 9.17) is 0 Å². The summed E-state index contributed by atoms with van der Waals surface area (Å²) in [6.45, 7) is 4.08. The number of piperazine rings is 1. The number of nitrogens with one attached hydrogen (secondary N) is 2. The highest BCUT2D eigenvalue weighted by atomic mass is 19.4. The third-order valence-corrected chi connectivity index (χ3v) is 7.41. The molecule has 4 amide bonds. The van der Waals surface area contributed by atoms with Gasteiger partial charge in [-0.2, -0.15) is 0 Å². The second-order valence-corrected chi connectivity index (χ2v) is 9.85. The molecule has 13 heteroatoms. The summed E-state index contributed by atoms with van der Waals surface area (Å²) >= 11 is 0. The number of imide groups is 1. The number of halogens is 3. The Kier molecular flexibility index (Phi) is 6.30. The van der Waals surface area contributed by atoms with E-state index >= 15 is 0 Å². The fourth-order valence-electron chi connectivity index (χ4n) is 5.83. The number of hydrogen-bond acceptors (Lipinski definition) is 7. The van der Waals surface area contributed by atoms with Gasteiger partial charge in [0.25, 0.3) is 5.91 Å². The summed E-state index contributed by atoms with van der Waals surface area (Å²) in [4.78, 5) is 49.2. The monoisotopic (exact) mass is 532 g/mol. The Balaban J connectivity index is 1.53. The number of likely N-dealkylation sites (N-methyl/N-ethyl adjacent to an activating group) is 1. The van der Waals surface area contributed by atoms with Gasteiger partial charge in [-0.1, -0.05) is 0 Å². The standard InChI is InChI=1S/C25H27F3N6O4/c1-16(35)30-23(15-17-7-9-29-10-8-17)20(33-13-11-32(2)12-14-33)24(23)21(36)34(22(37)31-24)18-3-5-19(6-4-18)38-25(26,27)28/h3-10,20H,11-15H2,1-2H3,(H,30,35)(H,31,37). The van der Waals surface area contributed by atoms with Crippen molar-refractivity contribution in [2.24, 2.45) is 0 Å². The lowest BCUT2D eigenvalue weighted by atomic mass is 9.99. The first-order chi connectivity index (χ1) is 18.0. The Morgan fingerprint density at radius 3 is 2.32 bits per heavy atom. The van der Waals surface area contributed by atoms with Gasteiger partial charge in [0, 0.05) is 51.9 Å². The van der Waals surface area contributed by atoms with Gasteiger partial charge < -0.3 is 20.3 Å². The maximum absolute atomic E-state index is 14.1. The summed E-state index contributed by atoms with van der Waals surface area (Å²) in [6.07, 6.45) is -1.39. The summed E-state index contributed by atoms with van der Waals surface area (Å²) < 4.78 is 41.7. The lowest BCUT2D eigenvalue weighted by Gasteiger charge is -2.34. The number of benzene rings is 1. The van der Waals surface area contributed by atoms with E-state index in [0.29, 0.717) is 13.1 Å². The van der Waals surface area contributed by atoms with Crippen LogP contribution < -0.4 is 20.3 Å². The molecule has 10 nitrogen and oxygen atoms in total. The Morgan fingerprint density at radius 1 is 1.11 bits per heavy atom. The van der Waals surface area contributed by atoms with Gasteiger partial charge in [0.15, 0.2) is 5.54 Å². The van der Waals surface area contributed by atoms with Crippen molar-refractivity contribution in [2.45, 2.75) is 36.8 Å². The molecule has 1 saturated carbocycles. The van der Waals surface area contributed by atoms with E-state index in [1.807, 2.05) is 7.05 Å². The third-order valence-electron chi connectivity index (χ3n) is 7.41. The van der Waals surface area contributed by atoms with Gasteiger partial charge in [-0.15, -0.1) is 13.2 Å². The molecule has 1 aliphatic carbocycles. The minimum atomic E-state index is -4.87. The number of alkyl halides is 3. The molecule has 3 unspecified atom stereocenters. The van der Waals surface area contributed by atoms with E-state index in [-0.39, 0.29) is 18.0 Å². The molecule has 1 aromatic heterocycles. The second-order valence-electron chi connectivity index (χ2n) is 9.85. The van der Waals surface area contributed by atoms with Crippen LogP contribution in [-0.4, -0.2) is 89.3 Å². The van der Waals surface area contributed by atoms with Gasteiger partial charge >= 0.3 is 12.4 Å². The molecule has 202 valence electrons. The topological polar surface area (TPSA) is 107 Å². The lowest BCUT2D eigenvalue weighted by molar-refractivity contribution is -0.274. The van der Waals surface area contributed by atoms with Crippen molar-refractivity contribution in [2.75, 3.05) is 38.1 Å². The molecule has 2 aliphatic heterocycles. The highest BCUT2D eigenvalue weighted by molar-refractivity contribution is 6.26. The number of carbonyl (C=O) groups is 3. The predicted octanol–water partition coefficient (Wildman–Crippen LogP) is 1.52. The number of pyridine rings is 1. The van der Waals surface area contributed by atoms with E-state index < -0.39 is 41.2 Å². The molecule has 2 aromatic rings. The van der Waals surface area contributed by atoms with Crippen molar-refractivity contribution in [3.8, 4) is 5.75 Å². The fraction of sp³-hybridized carbons (Fsp3) is 0.440. The van der Waals surface area contributed by atoms with Crippen LogP contribution in [0.4, 0.5) is 23.7 Å². The molecular formula is C25H27F3N6O4. The first-order valence-electron chi connectivity index (χ1n) is 12.1. The van der Waals surface area contributed by atoms with Crippen molar-refractivity contribution in [1.29, 1.82) is 0 Å². The van der Waals surface area contributed by atoms with Crippen LogP contribution in [0.1, 0.15) is 12.5 Å². The van der Waals surface area contributed by atoms with Gasteiger partial charge in [-0.05, 0) is 49.0 Å². The zero-order valence-corrected chi connectivity index (χ0v) is 20.8. The van der Waals surface area contributed by atoms with Gasteiger partial charge in [0.1, 0.15) is 5.75 Å². The predicted molar refractivity (Wildman–Crippen MR) is 129 cm³/mol. The number of anilines is 1. The van der Waals surface area contributed by atoms with Crippen LogP contribution in [0, 0.1) is 0 Å². The van der Waals surface area contributed by atoms with Crippen molar-refractivity contribution in [3.63, 3.8) is 0 Å². The SMILES string of the molecule is CC(=O)NC1(Cc2ccncc2)C(N2CCN(C)CC2)C12NC(=O)N(c1ccc(OC(F)(F)F)cc1)C2=O. The minimum absolute atomic E-state index is 0.0866. The smallest absolute Gasteiger partial charge is 0.406 e. The minimum Gasteiger partial charge on any atom is -0.406 e. The molecule has 38 heavy (non-hydrogen) atoms. The van der Waals surface area contributed by atoms with Crippen LogP contribution in [0.25, 0.3) is 0 Å². The average molecular weight is 533 g/mol. The van der Waals surface area contributed by atoms with Crippen LogP contribution in [0.2, 0.25) is 0 Å². The zero-order chi connectivity index (χ0) is 27.3. The largest absolute Gasteiger partial charge is 0.573 e. The number of rotatable bonds is 6. The Labute approximate surface area is 216 Å². The molecular weight excluding hydrogens is 505 g/mol. The third kappa shape index (κ3) is 4.35. The molecule has 1 aromatic carbocycles. The maximum Gasteiger partial charge on any atom is 0.573 e. The number of ether oxygens (including phenoxy) is 1. The van der Waals surface area contributed by atoms with Crippen molar-refractivity contribution >= 4 is 23.5 Å². The van der Waals surface area contributed by atoms with Crippen LogP contribution in [-0.2, 0) is 16.0 Å². The Hall–Kier alpha value is -3.71. The van der Waals surface area contributed by atoms with Crippen molar-refractivity contribution in [1.82, 2.24) is 25.4 Å². The van der Waals surface area contributed by atoms with E-state index in [1.165, 1.54) is 19.1 Å². The molecule has 0 radical (unpaired) electrons. The first-order valence-corrected chi connectivity index (χ1v) is 12.1. The van der Waals surface area contributed by atoms with Gasteiger partial charge in [-0.25, -0.2) is 9.69 Å². The summed E-state index contributed by atoms with van der Waals surface area (Å²) in [6, 6.07) is 6.82. The molecule has 1 spiro atoms. The summed E-state index contributed by atoms with van der Waals surface area (Å²) in [5.41, 5.74) is -1.73. The van der Waals surface area contributed by atoms with Gasteiger partial charge in [0.05, 0.1) is 17.3 Å². The van der Waals surface area contributed by atoms with Crippen LogP contribution in [0.3, 0.4) is 0 Å². The van der Waals surface area contributed by atoms with Gasteiger partial charge in [0.2, 0.25) is 5.91 Å². The number of aromatic nitrogens is 1. The molecule has 3 fully saturated rings. The Morgan fingerprint density at radius 2 is 1.74 bits per heavy atom. The molecule has 5 rings (SSSR count). The number of nitrogens with zero attached hydrogens (tertiary/aromatic N) is 4. The van der Waals surface area contributed by atoms with Crippen molar-refractivity contribution in [3.05, 3.63) is 54.4 Å². The van der Waals surface area contributed by atoms with Crippen LogP contribution in [0.15, 0.2) is 48.8 Å². The number of amides is 4. The Bertz CT molecular complexity index is 1240. The van der Waals surface area contributed by atoms with E-state index in [0.717, 1.165) is 35.7 Å². The number of carbonyl (C=O) groups excluding carboxylic acids is 3. The lowest BCUT2D eigenvalue weighted by Crippen LogP contribution is -2.52. The number of urea groups is 1. The van der Waals surface area contributed by atoms with E-state index in [1.54, 1.807) is 24.5 Å². The molecule has 3 aliphatic rings. The highest BCUT2D eigenvalue weighted by Gasteiger charge is 2.86. The molecule has 0 bridgehead atoms. The highest BCUT2D eigenvalue weighted by Crippen LogP contribution is 2.57. The average Bonchev–Trinajstić information content (AvgIpc) is 3.27. The molecule has 2 saturated heterocycles. The summed E-state index contributed by atoms with van der Waals surface area (Å²) in [5.74, 6) is -1.42. The van der Waals surface area contributed by atoms with Crippen LogP contribution in [0.5, 0.6) is 5.75 Å². The quantitative estimate of drug-likeness (QED) is 0.544. The normalized spacial score (nSPS) is 27.9. The zero-order valence-electron chi connectivity index (χ0n) is 20.8. The van der Waals surface area contributed by atoms with Gasteiger partial charge in [-0.3, -0.25) is 19.5 Å². The van der Waals surface area contributed by atoms with Crippen LogP contribution >= 0.6 is 0 Å². The summed E-state index contributed by atoms with van der Waals surface area (Å²) in [7, 11) is 1.99. The van der Waals surface area contributed by atoms with E-state index in [2.05, 4.69) is 30.2 Å². The summed E-state index contributed by atoms with van der Waals surface area (Å²) in [5, 5.41) is 5.88. The second kappa shape index (κ2) is 9.24. The fourth-order valence-corrected chi connectivity index (χ4v) is 5.83. The van der Waals surface area contributed by atoms with E-state index in [9.17, 15) is 27.6 Å². The maximum atomic E-state index is 14.1. The molecule has 3 atom stereocenters. The number of hydrogen-bond donors (Lipinski definition) is 2. The molecule has 3 heterocycles. The first kappa shape index (κ1) is 25.9.